The first kappa shape index (κ1) is 69.9. The molecule has 0 bridgehead atoms. The minimum atomic E-state index is -4.67. The number of carboxylic acid groups (broad SMARTS) is 1. The Morgan fingerprint density at radius 3 is 0.955 bits per heavy atom. The summed E-state index contributed by atoms with van der Waals surface area (Å²) in [4.78, 5) is 30.6. The molecule has 0 rings (SSSR count). The Labute approximate surface area is 337 Å². The van der Waals surface area contributed by atoms with E-state index in [2.05, 4.69) is 0 Å². The maximum atomic E-state index is 9.00. The first-order chi connectivity index (χ1) is 5.73. The second-order valence-corrected chi connectivity index (χ2v) is 3.40. The number of phosphoric acid groups is 1. The number of rotatable bonds is 0. The molecule has 0 heterocycles. The molecule has 120 valence electrons. The van der Waals surface area contributed by atoms with Crippen LogP contribution in [0.2, 0.25) is 0 Å². The molecule has 0 spiro atoms. The van der Waals surface area contributed by atoms with Gasteiger partial charge in [0.05, 0.1) is 0 Å². The van der Waals surface area contributed by atoms with Crippen LogP contribution < -0.4 is 0 Å². The maximum absolute atomic E-state index is 9.00. The van der Waals surface area contributed by atoms with Crippen molar-refractivity contribution in [2.24, 2.45) is 0 Å². The van der Waals surface area contributed by atoms with Gasteiger partial charge in [-0.3, -0.25) is 13.9 Å². The van der Waals surface area contributed by atoms with Crippen molar-refractivity contribution < 1.29 is 46.7 Å². The van der Waals surface area contributed by atoms with Crippen molar-refractivity contribution in [3.8, 4) is 0 Å². The minimum absolute atomic E-state index is 0. The zero-order valence-corrected chi connectivity index (χ0v) is 10.8. The molecular formula is C2H19CaCl2K3MgNaO10PS. The van der Waals surface area contributed by atoms with Crippen LogP contribution in [-0.2, 0) is 19.8 Å². The van der Waals surface area contributed by atoms with E-state index in [0.29, 0.717) is 0 Å². The van der Waals surface area contributed by atoms with E-state index in [1.54, 1.807) is 0 Å². The summed E-state index contributed by atoms with van der Waals surface area (Å²) in [5.74, 6) is -0.833. The van der Waals surface area contributed by atoms with Crippen LogP contribution in [0.25, 0.3) is 0 Å². The number of hydrogen-bond acceptors (Lipinski definition) is 4. The van der Waals surface area contributed by atoms with E-state index in [0.717, 1.165) is 6.92 Å². The fourth-order valence-electron chi connectivity index (χ4n) is 0. The Morgan fingerprint density at radius 2 is 0.955 bits per heavy atom. The van der Waals surface area contributed by atoms with E-state index in [9.17, 15) is 0 Å². The van der Waals surface area contributed by atoms with E-state index in [1.165, 1.54) is 0 Å². The summed E-state index contributed by atoms with van der Waals surface area (Å²) in [7, 11) is -9.31. The molecule has 0 saturated heterocycles. The Morgan fingerprint density at radius 1 is 0.955 bits per heavy atom. The molecule has 0 aromatic rings. The van der Waals surface area contributed by atoms with Crippen molar-refractivity contribution in [1.82, 2.24) is 0 Å². The second-order valence-electron chi connectivity index (χ2n) is 1.48. The molecule has 0 aromatic heterocycles. The van der Waals surface area contributed by atoms with Gasteiger partial charge in [-0.25, -0.2) is 4.57 Å². The third-order valence-corrected chi connectivity index (χ3v) is 0. The summed E-state index contributed by atoms with van der Waals surface area (Å²) in [6.45, 7) is 1.08. The van der Waals surface area contributed by atoms with Crippen molar-refractivity contribution in [3.05, 3.63) is 0 Å². The van der Waals surface area contributed by atoms with Crippen LogP contribution in [0.15, 0.2) is 0 Å². The number of carbonyl (C=O) groups is 1. The molecule has 22 heavy (non-hydrogen) atoms. The van der Waals surface area contributed by atoms with Crippen LogP contribution >= 0.6 is 32.6 Å². The van der Waals surface area contributed by atoms with Crippen LogP contribution in [0.3, 0.4) is 0 Å². The second kappa shape index (κ2) is 43.0. The van der Waals surface area contributed by atoms with Gasteiger partial charge in [-0.15, -0.1) is 24.8 Å². The van der Waals surface area contributed by atoms with Gasteiger partial charge in [0.15, 0.2) is 0 Å². The van der Waals surface area contributed by atoms with Crippen LogP contribution in [0.1, 0.15) is 6.92 Å². The van der Waals surface area contributed by atoms with Crippen molar-refractivity contribution in [2.45, 2.75) is 6.92 Å². The molecule has 0 aliphatic rings. The summed E-state index contributed by atoms with van der Waals surface area (Å²) in [5, 5.41) is 7.42. The van der Waals surface area contributed by atoms with Crippen LogP contribution in [-0.4, -0.2) is 288 Å². The van der Waals surface area contributed by atoms with Crippen LogP contribution in [0.5, 0.6) is 0 Å². The molecule has 0 unspecified atom stereocenters. The SMILES string of the molecule is CC(=O)O.Cl.Cl.O=P(O)(O)O.O=S(=O)(O)O.[CaH2].[KH].[KH].[KH].[MgH2].[NaH]. The molecule has 0 saturated carbocycles. The van der Waals surface area contributed by atoms with Crippen molar-refractivity contribution in [3.63, 3.8) is 0 Å². The van der Waals surface area contributed by atoms with E-state index >= 15 is 0 Å². The predicted octanol–water partition coefficient (Wildman–Crippen LogP) is -5.07. The molecule has 0 fully saturated rings. The van der Waals surface area contributed by atoms with Crippen molar-refractivity contribution >= 4 is 294 Å². The topological polar surface area (TPSA) is 190 Å². The van der Waals surface area contributed by atoms with E-state index in [4.69, 9.17) is 46.7 Å². The van der Waals surface area contributed by atoms with Gasteiger partial charge in [0.25, 0.3) is 5.97 Å². The van der Waals surface area contributed by atoms with E-state index < -0.39 is 24.2 Å². The fourth-order valence-corrected chi connectivity index (χ4v) is 0. The zero-order valence-electron chi connectivity index (χ0n) is 7.49. The summed E-state index contributed by atoms with van der Waals surface area (Å²) in [6.07, 6.45) is 0. The molecule has 0 atom stereocenters. The average molecular weight is 542 g/mol. The predicted molar refractivity (Wildman–Crippen MR) is 102 cm³/mol. The van der Waals surface area contributed by atoms with Crippen LogP contribution in [0, 0.1) is 0 Å². The van der Waals surface area contributed by atoms with Crippen molar-refractivity contribution in [2.75, 3.05) is 0 Å². The summed E-state index contributed by atoms with van der Waals surface area (Å²) >= 11 is 0. The van der Waals surface area contributed by atoms with Crippen molar-refractivity contribution in [1.29, 1.82) is 0 Å². The van der Waals surface area contributed by atoms with Gasteiger partial charge in [-0.05, 0) is 0 Å². The van der Waals surface area contributed by atoms with Gasteiger partial charge >= 0.3 is 263 Å². The third-order valence-electron chi connectivity index (χ3n) is 0. The number of aliphatic carboxylic acids is 1. The average Bonchev–Trinajstić information content (AvgIpc) is 1.45. The number of halogens is 2. The molecule has 0 aromatic carbocycles. The monoisotopic (exact) mass is 540 g/mol. The quantitative estimate of drug-likeness (QED) is 0.0983. The molecule has 0 amide bonds. The molecular weight excluding hydrogens is 523 g/mol. The standard InChI is InChI=1S/C2H4O2.Ca.2ClH.3K.Mg.Na.H3O4P.H2O4S.8H/c1-2(3)4;;;;;;;;;2*1-5(2,3)4;;;;;;;;/h1H3,(H,3,4);;2*1H;;;;;;(H3,1,2,3,4);(H2,1,2,3,4);;;;;;;;. The molecule has 10 nitrogen and oxygen atoms in total. The molecule has 0 radical (unpaired) electrons. The summed E-state index contributed by atoms with van der Waals surface area (Å²) in [6, 6.07) is 0. The van der Waals surface area contributed by atoms with Crippen LogP contribution in [0.4, 0.5) is 0 Å². The Kier molecular flexibility index (Phi) is 136. The molecule has 20 heteroatoms. The Bertz CT molecular complexity index is 301. The van der Waals surface area contributed by atoms with Gasteiger partial charge in [0.1, 0.15) is 0 Å². The van der Waals surface area contributed by atoms with Gasteiger partial charge in [0.2, 0.25) is 0 Å². The molecule has 0 aliphatic heterocycles. The first-order valence-corrected chi connectivity index (χ1v) is 5.37. The zero-order chi connectivity index (χ0) is 12.6. The molecule has 6 N–H and O–H groups in total. The van der Waals surface area contributed by atoms with Gasteiger partial charge in [-0.1, -0.05) is 0 Å². The van der Waals surface area contributed by atoms with Gasteiger partial charge in [-0.2, -0.15) is 8.42 Å². The summed E-state index contributed by atoms with van der Waals surface area (Å²) in [5.41, 5.74) is 0. The summed E-state index contributed by atoms with van der Waals surface area (Å²) < 4.78 is 40.5. The van der Waals surface area contributed by atoms with Gasteiger partial charge < -0.3 is 19.8 Å². The molecule has 0 aliphatic carbocycles. The van der Waals surface area contributed by atoms with E-state index in [-0.39, 0.29) is 269 Å². The third kappa shape index (κ3) is 321. The van der Waals surface area contributed by atoms with E-state index in [1.807, 2.05) is 0 Å². The van der Waals surface area contributed by atoms with Gasteiger partial charge in [0, 0.05) is 6.92 Å². The fraction of sp³-hybridized carbons (Fsp3) is 0.500. The number of hydrogen-bond donors (Lipinski definition) is 6. The number of carboxylic acids is 1. The Hall–Kier alpha value is 7.97. The Balaban J connectivity index is -0.00000000779. The normalized spacial score (nSPS) is 6.45. The first-order valence-electron chi connectivity index (χ1n) is 2.41.